The fraction of sp³-hybridized carbons (Fsp3) is 0.692. The van der Waals surface area contributed by atoms with E-state index in [2.05, 4.69) is 4.99 Å². The molecule has 0 unspecified atom stereocenters. The Kier molecular flexibility index (Phi) is 5.85. The molecule has 1 saturated carbocycles. The van der Waals surface area contributed by atoms with E-state index in [1.165, 1.54) is 13.1 Å². The SMILES string of the molecule is CCOC(=O)C(C=N[C@@H]1CCCC[C@H]1O)=C(C)O. The van der Waals surface area contributed by atoms with Crippen LogP contribution in [0, 0.1) is 0 Å². The Hall–Kier alpha value is -1.36. The second kappa shape index (κ2) is 7.16. The van der Waals surface area contributed by atoms with E-state index in [-0.39, 0.29) is 24.0 Å². The summed E-state index contributed by atoms with van der Waals surface area (Å²) in [6.07, 6.45) is 4.42. The quantitative estimate of drug-likeness (QED) is 0.347. The van der Waals surface area contributed by atoms with Gasteiger partial charge in [0.25, 0.3) is 0 Å². The summed E-state index contributed by atoms with van der Waals surface area (Å²) in [7, 11) is 0. The molecule has 0 spiro atoms. The van der Waals surface area contributed by atoms with E-state index in [4.69, 9.17) is 4.74 Å². The molecule has 0 saturated heterocycles. The Morgan fingerprint density at radius 1 is 1.44 bits per heavy atom. The maximum Gasteiger partial charge on any atom is 0.343 e. The van der Waals surface area contributed by atoms with Crippen LogP contribution < -0.4 is 0 Å². The van der Waals surface area contributed by atoms with Crippen LogP contribution in [0.3, 0.4) is 0 Å². The Balaban J connectivity index is 2.72. The lowest BCUT2D eigenvalue weighted by atomic mass is 9.93. The van der Waals surface area contributed by atoms with Crippen LogP contribution in [-0.2, 0) is 9.53 Å². The largest absolute Gasteiger partial charge is 0.512 e. The first-order chi connectivity index (χ1) is 8.56. The molecule has 102 valence electrons. The minimum Gasteiger partial charge on any atom is -0.512 e. The van der Waals surface area contributed by atoms with E-state index in [0.29, 0.717) is 0 Å². The highest BCUT2D eigenvalue weighted by atomic mass is 16.5. The van der Waals surface area contributed by atoms with Gasteiger partial charge in [-0.05, 0) is 26.7 Å². The Bertz CT molecular complexity index is 345. The third kappa shape index (κ3) is 4.14. The molecular weight excluding hydrogens is 234 g/mol. The van der Waals surface area contributed by atoms with Gasteiger partial charge in [-0.1, -0.05) is 12.8 Å². The molecule has 0 aromatic carbocycles. The zero-order chi connectivity index (χ0) is 13.5. The number of esters is 1. The van der Waals surface area contributed by atoms with Crippen molar-refractivity contribution in [2.75, 3.05) is 6.61 Å². The van der Waals surface area contributed by atoms with Crippen LogP contribution in [0.2, 0.25) is 0 Å². The van der Waals surface area contributed by atoms with Gasteiger partial charge < -0.3 is 14.9 Å². The van der Waals surface area contributed by atoms with Gasteiger partial charge in [0, 0.05) is 6.21 Å². The molecule has 5 nitrogen and oxygen atoms in total. The summed E-state index contributed by atoms with van der Waals surface area (Å²) in [5.74, 6) is -0.714. The number of aliphatic hydroxyl groups excluding tert-OH is 2. The lowest BCUT2D eigenvalue weighted by molar-refractivity contribution is -0.138. The molecule has 5 heteroatoms. The van der Waals surface area contributed by atoms with Crippen molar-refractivity contribution in [1.29, 1.82) is 0 Å². The molecule has 0 aromatic rings. The molecule has 0 bridgehead atoms. The number of rotatable bonds is 4. The van der Waals surface area contributed by atoms with Crippen LogP contribution >= 0.6 is 0 Å². The molecule has 1 aliphatic rings. The van der Waals surface area contributed by atoms with E-state index in [1.54, 1.807) is 6.92 Å². The molecule has 0 aliphatic heterocycles. The van der Waals surface area contributed by atoms with Crippen LogP contribution in [0.15, 0.2) is 16.3 Å². The smallest absolute Gasteiger partial charge is 0.343 e. The average molecular weight is 255 g/mol. The van der Waals surface area contributed by atoms with Crippen molar-refractivity contribution in [2.45, 2.75) is 51.7 Å². The summed E-state index contributed by atoms with van der Waals surface area (Å²) in [5, 5.41) is 19.2. The Morgan fingerprint density at radius 2 is 2.11 bits per heavy atom. The fourth-order valence-electron chi connectivity index (χ4n) is 1.94. The molecule has 2 N–H and O–H groups in total. The number of aliphatic hydroxyl groups is 2. The summed E-state index contributed by atoms with van der Waals surface area (Å²) in [6, 6.07) is -0.192. The third-order valence-corrected chi connectivity index (χ3v) is 2.97. The number of carbonyl (C=O) groups is 1. The number of nitrogens with zero attached hydrogens (tertiary/aromatic N) is 1. The number of hydrogen-bond acceptors (Lipinski definition) is 5. The molecule has 1 fully saturated rings. The third-order valence-electron chi connectivity index (χ3n) is 2.97. The second-order valence-electron chi connectivity index (χ2n) is 4.42. The highest BCUT2D eigenvalue weighted by molar-refractivity contribution is 6.09. The molecule has 2 atom stereocenters. The van der Waals surface area contributed by atoms with Gasteiger partial charge in [0.2, 0.25) is 0 Å². The summed E-state index contributed by atoms with van der Waals surface area (Å²) in [6.45, 7) is 3.36. The van der Waals surface area contributed by atoms with Crippen LogP contribution in [0.4, 0.5) is 0 Å². The molecule has 0 radical (unpaired) electrons. The van der Waals surface area contributed by atoms with Crippen molar-refractivity contribution < 1.29 is 19.7 Å². The normalized spacial score (nSPS) is 25.9. The van der Waals surface area contributed by atoms with Crippen molar-refractivity contribution >= 4 is 12.2 Å². The lowest BCUT2D eigenvalue weighted by Crippen LogP contribution is -2.28. The van der Waals surface area contributed by atoms with Crippen LogP contribution in [-0.4, -0.2) is 41.1 Å². The standard InChI is InChI=1S/C13H21NO4/c1-3-18-13(17)10(9(2)15)8-14-11-6-4-5-7-12(11)16/h8,11-12,15-16H,3-7H2,1-2H3/t11-,12-/m1/s1. The molecule has 0 aromatic heterocycles. The molecular formula is C13H21NO4. The predicted octanol–water partition coefficient (Wildman–Crippen LogP) is 1.76. The van der Waals surface area contributed by atoms with Gasteiger partial charge in [-0.15, -0.1) is 0 Å². The highest BCUT2D eigenvalue weighted by Gasteiger charge is 2.22. The Labute approximate surface area is 107 Å². The maximum atomic E-state index is 11.5. The molecule has 1 rings (SSSR count). The number of allylic oxidation sites excluding steroid dienone is 1. The van der Waals surface area contributed by atoms with Crippen molar-refractivity contribution in [3.63, 3.8) is 0 Å². The minimum absolute atomic E-state index is 0.0506. The molecule has 18 heavy (non-hydrogen) atoms. The number of aliphatic imine (C=N–C) groups is 1. The lowest BCUT2D eigenvalue weighted by Gasteiger charge is -2.23. The van der Waals surface area contributed by atoms with Crippen molar-refractivity contribution in [3.05, 3.63) is 11.3 Å². The number of carbonyl (C=O) groups excluding carboxylic acids is 1. The summed E-state index contributed by atoms with van der Waals surface area (Å²) in [4.78, 5) is 15.7. The highest BCUT2D eigenvalue weighted by Crippen LogP contribution is 2.21. The van der Waals surface area contributed by atoms with E-state index in [1.807, 2.05) is 0 Å². The molecule has 0 amide bonds. The maximum absolute atomic E-state index is 11.5. The number of hydrogen-bond donors (Lipinski definition) is 2. The first kappa shape index (κ1) is 14.7. The van der Waals surface area contributed by atoms with Crippen LogP contribution in [0.1, 0.15) is 39.5 Å². The van der Waals surface area contributed by atoms with Gasteiger partial charge in [-0.2, -0.15) is 0 Å². The monoisotopic (exact) mass is 255 g/mol. The minimum atomic E-state index is -0.591. The van der Waals surface area contributed by atoms with Gasteiger partial charge in [-0.3, -0.25) is 4.99 Å². The van der Waals surface area contributed by atoms with Crippen LogP contribution in [0.25, 0.3) is 0 Å². The fourth-order valence-corrected chi connectivity index (χ4v) is 1.94. The summed E-state index contributed by atoms with van der Waals surface area (Å²) >= 11 is 0. The van der Waals surface area contributed by atoms with Crippen molar-refractivity contribution in [3.8, 4) is 0 Å². The van der Waals surface area contributed by atoms with Gasteiger partial charge in [0.15, 0.2) is 0 Å². The second-order valence-corrected chi connectivity index (χ2v) is 4.42. The average Bonchev–Trinajstić information content (AvgIpc) is 2.31. The van der Waals surface area contributed by atoms with Gasteiger partial charge in [-0.25, -0.2) is 4.79 Å². The van der Waals surface area contributed by atoms with E-state index in [9.17, 15) is 15.0 Å². The van der Waals surface area contributed by atoms with Crippen LogP contribution in [0.5, 0.6) is 0 Å². The topological polar surface area (TPSA) is 79.1 Å². The number of ether oxygens (including phenoxy) is 1. The Morgan fingerprint density at radius 3 is 2.67 bits per heavy atom. The van der Waals surface area contributed by atoms with Gasteiger partial charge >= 0.3 is 5.97 Å². The van der Waals surface area contributed by atoms with E-state index in [0.717, 1.165) is 25.7 Å². The zero-order valence-electron chi connectivity index (χ0n) is 10.9. The summed E-state index contributed by atoms with van der Waals surface area (Å²) in [5.41, 5.74) is 0.0506. The van der Waals surface area contributed by atoms with E-state index < -0.39 is 12.1 Å². The predicted molar refractivity (Wildman–Crippen MR) is 68.7 cm³/mol. The van der Waals surface area contributed by atoms with Gasteiger partial charge in [0.1, 0.15) is 11.3 Å². The van der Waals surface area contributed by atoms with Crippen molar-refractivity contribution in [1.82, 2.24) is 0 Å². The van der Waals surface area contributed by atoms with E-state index >= 15 is 0 Å². The van der Waals surface area contributed by atoms with Gasteiger partial charge in [0.05, 0.1) is 18.8 Å². The first-order valence-electron chi connectivity index (χ1n) is 6.34. The zero-order valence-corrected chi connectivity index (χ0v) is 10.9. The first-order valence-corrected chi connectivity index (χ1v) is 6.34. The van der Waals surface area contributed by atoms with Crippen molar-refractivity contribution in [2.24, 2.45) is 4.99 Å². The molecule has 1 aliphatic carbocycles. The summed E-state index contributed by atoms with van der Waals surface area (Å²) < 4.78 is 4.82. The molecule has 0 heterocycles.